The van der Waals surface area contributed by atoms with Crippen LogP contribution in [0.3, 0.4) is 0 Å². The van der Waals surface area contributed by atoms with Crippen LogP contribution in [0.15, 0.2) is 63.5 Å². The quantitative estimate of drug-likeness (QED) is 0.328. The highest BCUT2D eigenvalue weighted by molar-refractivity contribution is 9.10. The Kier molecular flexibility index (Phi) is 7.81. The smallest absolute Gasteiger partial charge is 0.262 e. The van der Waals surface area contributed by atoms with Gasteiger partial charge in [-0.3, -0.25) is 4.79 Å². The molecule has 0 aliphatic carbocycles. The molecule has 0 unspecified atom stereocenters. The summed E-state index contributed by atoms with van der Waals surface area (Å²) in [6.45, 7) is 4.42. The van der Waals surface area contributed by atoms with Crippen molar-refractivity contribution in [2.75, 3.05) is 17.2 Å². The molecule has 3 aromatic rings. The van der Waals surface area contributed by atoms with Crippen molar-refractivity contribution in [2.45, 2.75) is 20.4 Å². The lowest BCUT2D eigenvalue weighted by Gasteiger charge is -2.15. The molecular formula is C23H21Br2ClN2O2. The van der Waals surface area contributed by atoms with E-state index in [-0.39, 0.29) is 12.5 Å². The third-order valence-electron chi connectivity index (χ3n) is 4.49. The Bertz CT molecular complexity index is 1070. The van der Waals surface area contributed by atoms with E-state index in [1.807, 2.05) is 56.3 Å². The van der Waals surface area contributed by atoms with Crippen LogP contribution in [0, 0.1) is 13.8 Å². The lowest BCUT2D eigenvalue weighted by molar-refractivity contribution is -0.118. The van der Waals surface area contributed by atoms with E-state index < -0.39 is 0 Å². The molecule has 2 N–H and O–H groups in total. The molecule has 1 amide bonds. The van der Waals surface area contributed by atoms with Crippen LogP contribution in [0.4, 0.5) is 11.4 Å². The van der Waals surface area contributed by atoms with Gasteiger partial charge in [-0.2, -0.15) is 0 Å². The van der Waals surface area contributed by atoms with E-state index in [1.165, 1.54) is 0 Å². The van der Waals surface area contributed by atoms with Gasteiger partial charge >= 0.3 is 0 Å². The van der Waals surface area contributed by atoms with Crippen molar-refractivity contribution < 1.29 is 9.53 Å². The molecule has 4 nitrogen and oxygen atoms in total. The van der Waals surface area contributed by atoms with Gasteiger partial charge < -0.3 is 15.4 Å². The molecule has 0 saturated carbocycles. The predicted octanol–water partition coefficient (Wildman–Crippen LogP) is 7.11. The van der Waals surface area contributed by atoms with E-state index >= 15 is 0 Å². The molecule has 3 aromatic carbocycles. The monoisotopic (exact) mass is 550 g/mol. The molecular weight excluding hydrogens is 532 g/mol. The Balaban J connectivity index is 1.64. The number of carbonyl (C=O) groups is 1. The summed E-state index contributed by atoms with van der Waals surface area (Å²) in [6.07, 6.45) is 0. The summed E-state index contributed by atoms with van der Waals surface area (Å²) < 4.78 is 7.79. The number of amides is 1. The molecule has 0 saturated heterocycles. The van der Waals surface area contributed by atoms with Gasteiger partial charge in [0.1, 0.15) is 5.75 Å². The number of benzene rings is 3. The molecule has 0 bridgehead atoms. The zero-order chi connectivity index (χ0) is 21.7. The SMILES string of the molecule is Cc1ccc(NC(=O)COc2ccc(Br)cc2CNc2ccc(Br)cc2C)cc1Cl. The van der Waals surface area contributed by atoms with Gasteiger partial charge in [0.2, 0.25) is 0 Å². The van der Waals surface area contributed by atoms with Crippen LogP contribution in [0.25, 0.3) is 0 Å². The van der Waals surface area contributed by atoms with Crippen molar-refractivity contribution in [1.82, 2.24) is 0 Å². The van der Waals surface area contributed by atoms with Crippen LogP contribution >= 0.6 is 43.5 Å². The maximum absolute atomic E-state index is 12.3. The van der Waals surface area contributed by atoms with Gasteiger partial charge in [0.25, 0.3) is 5.91 Å². The summed E-state index contributed by atoms with van der Waals surface area (Å²) >= 11 is 13.1. The Morgan fingerprint density at radius 3 is 2.43 bits per heavy atom. The van der Waals surface area contributed by atoms with E-state index in [2.05, 4.69) is 48.6 Å². The van der Waals surface area contributed by atoms with Gasteiger partial charge in [-0.1, -0.05) is 49.5 Å². The third-order valence-corrected chi connectivity index (χ3v) is 5.89. The molecule has 0 radical (unpaired) electrons. The number of halogens is 3. The van der Waals surface area contributed by atoms with Crippen molar-refractivity contribution >= 4 is 60.7 Å². The number of hydrogen-bond donors (Lipinski definition) is 2. The fourth-order valence-electron chi connectivity index (χ4n) is 2.85. The summed E-state index contributed by atoms with van der Waals surface area (Å²) in [5, 5.41) is 6.84. The summed E-state index contributed by atoms with van der Waals surface area (Å²) in [5.41, 5.74) is 4.72. The molecule has 0 aromatic heterocycles. The molecule has 0 fully saturated rings. The fourth-order valence-corrected chi connectivity index (χ4v) is 3.92. The minimum Gasteiger partial charge on any atom is -0.483 e. The number of nitrogens with one attached hydrogen (secondary N) is 2. The largest absolute Gasteiger partial charge is 0.483 e. The summed E-state index contributed by atoms with van der Waals surface area (Å²) in [4.78, 5) is 12.3. The first-order chi connectivity index (χ1) is 14.3. The first-order valence-corrected chi connectivity index (χ1v) is 11.3. The zero-order valence-electron chi connectivity index (χ0n) is 16.6. The third kappa shape index (κ3) is 6.24. The lowest BCUT2D eigenvalue weighted by Crippen LogP contribution is -2.20. The van der Waals surface area contributed by atoms with E-state index in [0.29, 0.717) is 23.0 Å². The average molecular weight is 553 g/mol. The van der Waals surface area contributed by atoms with Crippen LogP contribution in [0.5, 0.6) is 5.75 Å². The Morgan fingerprint density at radius 1 is 0.967 bits per heavy atom. The van der Waals surface area contributed by atoms with Crippen molar-refractivity contribution in [3.63, 3.8) is 0 Å². The zero-order valence-corrected chi connectivity index (χ0v) is 20.5. The van der Waals surface area contributed by atoms with Gasteiger partial charge in [-0.05, 0) is 73.5 Å². The van der Waals surface area contributed by atoms with E-state index in [0.717, 1.165) is 31.3 Å². The molecule has 7 heteroatoms. The van der Waals surface area contributed by atoms with E-state index in [4.69, 9.17) is 16.3 Å². The average Bonchev–Trinajstić information content (AvgIpc) is 2.69. The number of ether oxygens (including phenoxy) is 1. The number of hydrogen-bond acceptors (Lipinski definition) is 3. The molecule has 0 spiro atoms. The minimum atomic E-state index is -0.250. The van der Waals surface area contributed by atoms with Crippen molar-refractivity contribution in [3.05, 3.63) is 85.3 Å². The van der Waals surface area contributed by atoms with Crippen LogP contribution < -0.4 is 15.4 Å². The fraction of sp³-hybridized carbons (Fsp3) is 0.174. The highest BCUT2D eigenvalue weighted by Crippen LogP contribution is 2.26. The van der Waals surface area contributed by atoms with E-state index in [9.17, 15) is 4.79 Å². The second kappa shape index (κ2) is 10.3. The highest BCUT2D eigenvalue weighted by Gasteiger charge is 2.10. The summed E-state index contributed by atoms with van der Waals surface area (Å²) in [5.74, 6) is 0.401. The molecule has 30 heavy (non-hydrogen) atoms. The minimum absolute atomic E-state index is 0.0998. The van der Waals surface area contributed by atoms with Crippen molar-refractivity contribution in [3.8, 4) is 5.75 Å². The normalized spacial score (nSPS) is 10.6. The molecule has 0 aliphatic rings. The maximum Gasteiger partial charge on any atom is 0.262 e. The number of aryl methyl sites for hydroxylation is 2. The summed E-state index contributed by atoms with van der Waals surface area (Å²) in [6, 6.07) is 17.2. The second-order valence-electron chi connectivity index (χ2n) is 6.87. The van der Waals surface area contributed by atoms with Crippen LogP contribution in [-0.4, -0.2) is 12.5 Å². The van der Waals surface area contributed by atoms with Crippen LogP contribution in [-0.2, 0) is 11.3 Å². The lowest BCUT2D eigenvalue weighted by atomic mass is 10.1. The first-order valence-electron chi connectivity index (χ1n) is 9.29. The standard InChI is InChI=1S/C23H21Br2ClN2O2/c1-14-3-6-19(11-20(14)26)28-23(29)13-30-22-8-5-18(25)10-16(22)12-27-21-7-4-17(24)9-15(21)2/h3-11,27H,12-13H2,1-2H3,(H,28,29). The number of anilines is 2. The highest BCUT2D eigenvalue weighted by atomic mass is 79.9. The van der Waals surface area contributed by atoms with Crippen molar-refractivity contribution in [1.29, 1.82) is 0 Å². The molecule has 0 atom stereocenters. The van der Waals surface area contributed by atoms with Crippen molar-refractivity contribution in [2.24, 2.45) is 0 Å². The Hall–Kier alpha value is -2.02. The van der Waals surface area contributed by atoms with Gasteiger partial charge in [0.15, 0.2) is 6.61 Å². The van der Waals surface area contributed by atoms with Gasteiger partial charge in [-0.25, -0.2) is 0 Å². The van der Waals surface area contributed by atoms with Gasteiger partial charge in [0.05, 0.1) is 0 Å². The number of rotatable bonds is 7. The second-order valence-corrected chi connectivity index (χ2v) is 9.10. The molecule has 0 heterocycles. The van der Waals surface area contributed by atoms with Crippen LogP contribution in [0.2, 0.25) is 5.02 Å². The predicted molar refractivity (Wildman–Crippen MR) is 131 cm³/mol. The maximum atomic E-state index is 12.3. The first kappa shape index (κ1) is 22.7. The Labute approximate surface area is 198 Å². The topological polar surface area (TPSA) is 50.4 Å². The summed E-state index contributed by atoms with van der Waals surface area (Å²) in [7, 11) is 0. The van der Waals surface area contributed by atoms with E-state index in [1.54, 1.807) is 6.07 Å². The molecule has 3 rings (SSSR count). The molecule has 0 aliphatic heterocycles. The van der Waals surface area contributed by atoms with Gasteiger partial charge in [0, 0.05) is 37.5 Å². The number of carbonyl (C=O) groups excluding carboxylic acids is 1. The van der Waals surface area contributed by atoms with Gasteiger partial charge in [-0.15, -0.1) is 0 Å². The van der Waals surface area contributed by atoms with Crippen LogP contribution in [0.1, 0.15) is 16.7 Å². The Morgan fingerprint density at radius 2 is 1.70 bits per heavy atom. The molecule has 156 valence electrons.